The van der Waals surface area contributed by atoms with Gasteiger partial charge in [-0.2, -0.15) is 4.98 Å². The lowest BCUT2D eigenvalue weighted by molar-refractivity contribution is 0.0661. The number of likely N-dealkylation sites (N-methyl/N-ethyl adjacent to an activating group) is 1. The molecule has 0 saturated carbocycles. The Morgan fingerprint density at radius 2 is 1.89 bits per heavy atom. The molecular weight excluding hydrogens is 497 g/mol. The van der Waals surface area contributed by atoms with E-state index in [1.54, 1.807) is 11.0 Å². The van der Waals surface area contributed by atoms with Crippen LogP contribution in [0.3, 0.4) is 0 Å². The van der Waals surface area contributed by atoms with Gasteiger partial charge in [-0.1, -0.05) is 0 Å². The zero-order valence-corrected chi connectivity index (χ0v) is 21.8. The van der Waals surface area contributed by atoms with Crippen LogP contribution in [0.15, 0.2) is 24.7 Å². The van der Waals surface area contributed by atoms with Gasteiger partial charge in [-0.05, 0) is 39.3 Å². The lowest BCUT2D eigenvalue weighted by atomic mass is 10.0. The molecule has 2 aliphatic heterocycles. The van der Waals surface area contributed by atoms with E-state index >= 15 is 0 Å². The molecule has 4 rings (SSSR count). The summed E-state index contributed by atoms with van der Waals surface area (Å²) in [6, 6.07) is 0.288. The molecule has 2 aromatic heterocycles. The van der Waals surface area contributed by atoms with Crippen molar-refractivity contribution < 1.29 is 23.5 Å². The minimum Gasteiger partial charge on any atom is -0.477 e. The van der Waals surface area contributed by atoms with E-state index in [0.29, 0.717) is 25.0 Å². The largest absolute Gasteiger partial charge is 0.477 e. The number of amides is 3. The van der Waals surface area contributed by atoms with E-state index in [2.05, 4.69) is 35.5 Å². The van der Waals surface area contributed by atoms with Crippen LogP contribution in [-0.2, 0) is 4.74 Å². The highest BCUT2D eigenvalue weighted by Crippen LogP contribution is 2.23. The van der Waals surface area contributed by atoms with E-state index in [9.17, 15) is 14.0 Å². The highest BCUT2D eigenvalue weighted by molar-refractivity contribution is 5.88. The number of rotatable bonds is 7. The maximum atomic E-state index is 14.9. The van der Waals surface area contributed by atoms with Gasteiger partial charge >= 0.3 is 12.1 Å². The molecule has 0 aromatic carbocycles. The van der Waals surface area contributed by atoms with Gasteiger partial charge in [0.05, 0.1) is 25.0 Å². The van der Waals surface area contributed by atoms with Gasteiger partial charge in [-0.3, -0.25) is 10.6 Å². The second kappa shape index (κ2) is 12.6. The number of nitrogens with zero attached hydrogens (tertiary/aromatic N) is 7. The monoisotopic (exact) mass is 531 g/mol. The first-order valence-electron chi connectivity index (χ1n) is 12.7. The lowest BCUT2D eigenvalue weighted by Gasteiger charge is -2.39. The number of anilines is 3. The molecule has 38 heavy (non-hydrogen) atoms. The van der Waals surface area contributed by atoms with Gasteiger partial charge in [-0.25, -0.2) is 28.9 Å². The average Bonchev–Trinajstić information content (AvgIpc) is 2.91. The van der Waals surface area contributed by atoms with Gasteiger partial charge in [0.1, 0.15) is 18.1 Å². The number of carbonyl (C=O) groups excluding carboxylic acids is 2. The number of likely N-dealkylation sites (tertiary alicyclic amines) is 1. The van der Waals surface area contributed by atoms with Crippen molar-refractivity contribution in [1.29, 1.82) is 0 Å². The Labute approximate surface area is 220 Å². The Morgan fingerprint density at radius 3 is 2.61 bits per heavy atom. The summed E-state index contributed by atoms with van der Waals surface area (Å²) in [6.07, 6.45) is 4.11. The lowest BCUT2D eigenvalue weighted by Crippen LogP contribution is -2.55. The standard InChI is InChI=1S/C24H34FN9O4/c1-4-37-21-14-27-20(13-28-21)30-23(35)33(3)18-15-34(12-8-17(18)25)22-26-9-5-19(29-22)31-24(36)38-16-6-10-32(2)11-7-16/h5,9,13-14,16-18H,4,6-8,10-12,15H2,1-3H3,(H,27,30,35)(H,26,29,31,36)/t17-,18+/m1/s1. The fourth-order valence-corrected chi connectivity index (χ4v) is 4.36. The molecule has 2 aliphatic rings. The number of aromatic nitrogens is 4. The molecule has 2 atom stereocenters. The first kappa shape index (κ1) is 27.2. The number of urea groups is 1. The second-order valence-corrected chi connectivity index (χ2v) is 9.31. The molecule has 2 aromatic rings. The third-order valence-corrected chi connectivity index (χ3v) is 6.57. The molecule has 2 fully saturated rings. The van der Waals surface area contributed by atoms with Crippen LogP contribution in [0.5, 0.6) is 5.88 Å². The number of hydrogen-bond acceptors (Lipinski definition) is 10. The normalized spacial score (nSPS) is 20.5. The Morgan fingerprint density at radius 1 is 1.11 bits per heavy atom. The van der Waals surface area contributed by atoms with Crippen molar-refractivity contribution in [3.8, 4) is 5.88 Å². The van der Waals surface area contributed by atoms with Crippen LogP contribution in [0, 0.1) is 0 Å². The predicted octanol–water partition coefficient (Wildman–Crippen LogP) is 2.39. The molecule has 2 saturated heterocycles. The van der Waals surface area contributed by atoms with Crippen LogP contribution < -0.4 is 20.3 Å². The quantitative estimate of drug-likeness (QED) is 0.548. The number of nitrogens with one attached hydrogen (secondary N) is 2. The molecule has 0 radical (unpaired) electrons. The van der Waals surface area contributed by atoms with Crippen LogP contribution in [0.4, 0.5) is 31.6 Å². The molecule has 14 heteroatoms. The Kier molecular flexibility index (Phi) is 9.05. The first-order valence-corrected chi connectivity index (χ1v) is 12.7. The molecular formula is C24H34FN9O4. The van der Waals surface area contributed by atoms with Gasteiger partial charge in [-0.15, -0.1) is 0 Å². The Hall–Kier alpha value is -3.81. The van der Waals surface area contributed by atoms with Crippen molar-refractivity contribution in [1.82, 2.24) is 29.7 Å². The number of halogens is 1. The van der Waals surface area contributed by atoms with E-state index in [4.69, 9.17) is 9.47 Å². The fourth-order valence-electron chi connectivity index (χ4n) is 4.36. The first-order chi connectivity index (χ1) is 18.3. The van der Waals surface area contributed by atoms with Gasteiger partial charge in [0.2, 0.25) is 11.8 Å². The third-order valence-electron chi connectivity index (χ3n) is 6.57. The highest BCUT2D eigenvalue weighted by Gasteiger charge is 2.35. The van der Waals surface area contributed by atoms with Gasteiger partial charge in [0.25, 0.3) is 0 Å². The van der Waals surface area contributed by atoms with Gasteiger partial charge < -0.3 is 24.2 Å². The van der Waals surface area contributed by atoms with Gasteiger partial charge in [0.15, 0.2) is 5.82 Å². The van der Waals surface area contributed by atoms with Crippen molar-refractivity contribution >= 4 is 29.7 Å². The van der Waals surface area contributed by atoms with E-state index < -0.39 is 24.3 Å². The minimum atomic E-state index is -1.24. The van der Waals surface area contributed by atoms with Crippen molar-refractivity contribution in [3.05, 3.63) is 24.7 Å². The zero-order chi connectivity index (χ0) is 27.1. The van der Waals surface area contributed by atoms with Crippen LogP contribution in [0.25, 0.3) is 0 Å². The minimum absolute atomic E-state index is 0.132. The molecule has 4 heterocycles. The van der Waals surface area contributed by atoms with Crippen LogP contribution >= 0.6 is 0 Å². The molecule has 13 nitrogen and oxygen atoms in total. The number of ether oxygens (including phenoxy) is 2. The number of piperidine rings is 2. The summed E-state index contributed by atoms with van der Waals surface area (Å²) in [7, 11) is 3.56. The third kappa shape index (κ3) is 7.15. The average molecular weight is 532 g/mol. The predicted molar refractivity (Wildman–Crippen MR) is 138 cm³/mol. The zero-order valence-electron chi connectivity index (χ0n) is 21.8. The van der Waals surface area contributed by atoms with E-state index in [1.165, 1.54) is 30.5 Å². The van der Waals surface area contributed by atoms with Crippen molar-refractivity contribution in [2.45, 2.75) is 44.5 Å². The molecule has 3 amide bonds. The molecule has 0 spiro atoms. The molecule has 0 unspecified atom stereocenters. The summed E-state index contributed by atoms with van der Waals surface area (Å²) in [5, 5.41) is 5.28. The Bertz CT molecular complexity index is 1080. The number of hydrogen-bond donors (Lipinski definition) is 2. The second-order valence-electron chi connectivity index (χ2n) is 9.31. The number of alkyl halides is 1. The molecule has 0 aliphatic carbocycles. The SMILES string of the molecule is CCOc1cnc(NC(=O)N(C)[C@H]2CN(c3nccc(NC(=O)OC4CCN(C)CC4)n3)CC[C@H]2F)cn1. The van der Waals surface area contributed by atoms with Crippen LogP contribution in [0.2, 0.25) is 0 Å². The van der Waals surface area contributed by atoms with Crippen LogP contribution in [0.1, 0.15) is 26.2 Å². The van der Waals surface area contributed by atoms with Crippen LogP contribution in [-0.4, -0.2) is 107 Å². The van der Waals surface area contributed by atoms with Crippen molar-refractivity contribution in [3.63, 3.8) is 0 Å². The highest BCUT2D eigenvalue weighted by atomic mass is 19.1. The maximum Gasteiger partial charge on any atom is 0.413 e. The molecule has 2 N–H and O–H groups in total. The maximum absolute atomic E-state index is 14.9. The van der Waals surface area contributed by atoms with E-state index in [-0.39, 0.29) is 30.7 Å². The summed E-state index contributed by atoms with van der Waals surface area (Å²) >= 11 is 0. The number of carbonyl (C=O) groups is 2. The van der Waals surface area contributed by atoms with Crippen molar-refractivity contribution in [2.24, 2.45) is 0 Å². The van der Waals surface area contributed by atoms with E-state index in [0.717, 1.165) is 25.9 Å². The summed E-state index contributed by atoms with van der Waals surface area (Å²) in [5.41, 5.74) is 0. The van der Waals surface area contributed by atoms with E-state index in [1.807, 2.05) is 14.0 Å². The Balaban J connectivity index is 1.34. The molecule has 0 bridgehead atoms. The smallest absolute Gasteiger partial charge is 0.413 e. The summed E-state index contributed by atoms with van der Waals surface area (Å²) < 4.78 is 25.7. The summed E-state index contributed by atoms with van der Waals surface area (Å²) in [5.74, 6) is 1.18. The van der Waals surface area contributed by atoms with Gasteiger partial charge in [0, 0.05) is 39.4 Å². The summed E-state index contributed by atoms with van der Waals surface area (Å²) in [4.78, 5) is 47.3. The summed E-state index contributed by atoms with van der Waals surface area (Å²) in [6.45, 7) is 4.56. The fraction of sp³-hybridized carbons (Fsp3) is 0.583. The molecule has 206 valence electrons. The van der Waals surface area contributed by atoms with Crippen molar-refractivity contribution in [2.75, 3.05) is 62.4 Å². The topological polar surface area (TPSA) is 138 Å².